The van der Waals surface area contributed by atoms with Crippen LogP contribution in [0.2, 0.25) is 0 Å². The van der Waals surface area contributed by atoms with Gasteiger partial charge in [-0.2, -0.15) is 0 Å². The van der Waals surface area contributed by atoms with Crippen LogP contribution in [-0.4, -0.2) is 103 Å². The largest absolute Gasteiger partial charge is 0.478 e. The summed E-state index contributed by atoms with van der Waals surface area (Å²) in [5, 5.41) is 17.0. The van der Waals surface area contributed by atoms with Gasteiger partial charge in [-0.15, -0.1) is 11.8 Å². The number of β-lactam (4-membered cyclic amide) rings is 1. The Morgan fingerprint density at radius 1 is 1.12 bits per heavy atom. The van der Waals surface area contributed by atoms with E-state index in [-0.39, 0.29) is 18.7 Å². The average molecular weight is 589 g/mol. The molecule has 4 atom stereocenters. The fraction of sp³-hybridized carbons (Fsp3) is 0.500. The first-order chi connectivity index (χ1) is 19.4. The molecule has 220 valence electrons. The van der Waals surface area contributed by atoms with Crippen molar-refractivity contribution in [1.29, 1.82) is 0 Å². The standard InChI is InChI=1S/C26H32N6O8S/c1-4-5-11-30-12-13-31(21(37)20(30)36)24(40)28-16(15-9-7-6-8-10-15)18(34)29-26(23(38)39)25(2,3)41-22-17(27-14-33)19(35)32(22)26/h6-10,14,16-17,22H,4-5,11-13H2,1-3H3,(H,27,33)(H,28,40)(H,29,34)(H,38,39)/t16?,17-,22-,26+/m1/s1. The zero-order chi connectivity index (χ0) is 30.1. The highest BCUT2D eigenvalue weighted by Crippen LogP contribution is 2.55. The van der Waals surface area contributed by atoms with Crippen molar-refractivity contribution in [3.63, 3.8) is 0 Å². The third kappa shape index (κ3) is 4.98. The highest BCUT2D eigenvalue weighted by atomic mass is 32.2. The molecule has 1 aromatic carbocycles. The van der Waals surface area contributed by atoms with Gasteiger partial charge in [0.05, 0.1) is 4.75 Å². The lowest BCUT2D eigenvalue weighted by atomic mass is 9.88. The minimum atomic E-state index is -2.23. The van der Waals surface area contributed by atoms with E-state index >= 15 is 0 Å². The Bertz CT molecular complexity index is 1280. The summed E-state index contributed by atoms with van der Waals surface area (Å²) in [6.45, 7) is 5.49. The number of carbonyl (C=O) groups excluding carboxylic acids is 6. The minimum Gasteiger partial charge on any atom is -0.478 e. The van der Waals surface area contributed by atoms with E-state index in [0.717, 1.165) is 28.0 Å². The SMILES string of the molecule is CCCCN1CCN(C(=O)NC(C(=O)N[C@@]2(C(=O)O)N3C(=O)[C@@H](NC=O)[C@H]3SC2(C)C)c2ccccc2)C(=O)C1=O. The molecule has 3 heterocycles. The topological polar surface area (TPSA) is 186 Å². The van der Waals surface area contributed by atoms with Crippen molar-refractivity contribution in [1.82, 2.24) is 30.7 Å². The minimum absolute atomic E-state index is 0.0823. The predicted octanol–water partition coefficient (Wildman–Crippen LogP) is -0.386. The summed E-state index contributed by atoms with van der Waals surface area (Å²) in [5.41, 5.74) is -1.96. The summed E-state index contributed by atoms with van der Waals surface area (Å²) in [6, 6.07) is 4.51. The Morgan fingerprint density at radius 2 is 1.80 bits per heavy atom. The van der Waals surface area contributed by atoms with Crippen molar-refractivity contribution in [2.75, 3.05) is 19.6 Å². The van der Waals surface area contributed by atoms with Gasteiger partial charge in [-0.25, -0.2) is 9.59 Å². The van der Waals surface area contributed by atoms with Gasteiger partial charge in [0.25, 0.3) is 5.91 Å². The summed E-state index contributed by atoms with van der Waals surface area (Å²) in [5.74, 6) is -5.01. The average Bonchev–Trinajstić information content (AvgIpc) is 3.15. The van der Waals surface area contributed by atoms with Gasteiger partial charge in [0.15, 0.2) is 0 Å². The molecule has 1 unspecified atom stereocenters. The number of carboxylic acids is 1. The van der Waals surface area contributed by atoms with E-state index < -0.39 is 63.5 Å². The van der Waals surface area contributed by atoms with Gasteiger partial charge < -0.3 is 26.0 Å². The summed E-state index contributed by atoms with van der Waals surface area (Å²) in [4.78, 5) is 92.3. The number of urea groups is 1. The molecular formula is C26H32N6O8S. The highest BCUT2D eigenvalue weighted by molar-refractivity contribution is 8.01. The monoisotopic (exact) mass is 588 g/mol. The van der Waals surface area contributed by atoms with Gasteiger partial charge in [0.1, 0.15) is 17.5 Å². The molecule has 41 heavy (non-hydrogen) atoms. The lowest BCUT2D eigenvalue weighted by Gasteiger charge is -2.49. The molecule has 4 N–H and O–H groups in total. The zero-order valence-electron chi connectivity index (χ0n) is 22.8. The fourth-order valence-electron chi connectivity index (χ4n) is 5.30. The fourth-order valence-corrected chi connectivity index (χ4v) is 7.01. The van der Waals surface area contributed by atoms with Crippen molar-refractivity contribution >= 4 is 53.8 Å². The van der Waals surface area contributed by atoms with E-state index in [9.17, 15) is 38.7 Å². The number of benzene rings is 1. The maximum absolute atomic E-state index is 13.8. The Hall–Kier alpha value is -4.14. The van der Waals surface area contributed by atoms with E-state index in [4.69, 9.17) is 0 Å². The van der Waals surface area contributed by atoms with Crippen LogP contribution in [0.15, 0.2) is 30.3 Å². The number of nitrogens with zero attached hydrogens (tertiary/aromatic N) is 3. The first-order valence-corrected chi connectivity index (χ1v) is 14.0. The smallest absolute Gasteiger partial charge is 0.352 e. The lowest BCUT2D eigenvalue weighted by Crippen LogP contribution is -2.80. The quantitative estimate of drug-likeness (QED) is 0.161. The van der Waals surface area contributed by atoms with Crippen LogP contribution in [0.3, 0.4) is 0 Å². The highest BCUT2D eigenvalue weighted by Gasteiger charge is 2.74. The van der Waals surface area contributed by atoms with Gasteiger partial charge in [-0.05, 0) is 25.8 Å². The maximum atomic E-state index is 13.8. The van der Waals surface area contributed by atoms with Crippen LogP contribution in [0, 0.1) is 0 Å². The van der Waals surface area contributed by atoms with Crippen molar-refractivity contribution < 1.29 is 38.7 Å². The molecule has 0 aromatic heterocycles. The van der Waals surface area contributed by atoms with Gasteiger partial charge in [0, 0.05) is 19.6 Å². The molecule has 0 radical (unpaired) electrons. The third-order valence-corrected chi connectivity index (χ3v) is 9.16. The number of fused-ring (bicyclic) bond motifs is 1. The number of piperazine rings is 1. The predicted molar refractivity (Wildman–Crippen MR) is 145 cm³/mol. The molecule has 4 rings (SSSR count). The van der Waals surface area contributed by atoms with Gasteiger partial charge in [-0.1, -0.05) is 43.7 Å². The summed E-state index contributed by atoms with van der Waals surface area (Å²) in [7, 11) is 0. The molecule has 0 saturated carbocycles. The number of imide groups is 1. The molecule has 3 aliphatic heterocycles. The molecule has 0 bridgehead atoms. The Morgan fingerprint density at radius 3 is 2.41 bits per heavy atom. The molecular weight excluding hydrogens is 556 g/mol. The number of amides is 7. The number of hydrogen-bond acceptors (Lipinski definition) is 8. The van der Waals surface area contributed by atoms with Crippen LogP contribution in [0.25, 0.3) is 0 Å². The van der Waals surface area contributed by atoms with Gasteiger partial charge in [0.2, 0.25) is 18.0 Å². The van der Waals surface area contributed by atoms with E-state index in [1.54, 1.807) is 32.0 Å². The number of aliphatic carboxylic acids is 1. The first kappa shape index (κ1) is 29.8. The molecule has 3 saturated heterocycles. The van der Waals surface area contributed by atoms with E-state index in [0.29, 0.717) is 19.4 Å². The second kappa shape index (κ2) is 11.4. The van der Waals surface area contributed by atoms with Gasteiger partial charge in [-0.3, -0.25) is 33.8 Å². The summed E-state index contributed by atoms with van der Waals surface area (Å²) >= 11 is 1.10. The van der Waals surface area contributed by atoms with Crippen LogP contribution < -0.4 is 16.0 Å². The number of carbonyl (C=O) groups is 7. The molecule has 0 aliphatic carbocycles. The summed E-state index contributed by atoms with van der Waals surface area (Å²) < 4.78 is -1.27. The second-order valence-corrected chi connectivity index (χ2v) is 12.1. The Balaban J connectivity index is 1.61. The second-order valence-electron chi connectivity index (χ2n) is 10.4. The van der Waals surface area contributed by atoms with Crippen LogP contribution in [0.5, 0.6) is 0 Å². The Labute approximate surface area is 240 Å². The van der Waals surface area contributed by atoms with Crippen LogP contribution in [0.1, 0.15) is 45.2 Å². The zero-order valence-corrected chi connectivity index (χ0v) is 23.6. The van der Waals surface area contributed by atoms with Crippen LogP contribution >= 0.6 is 11.8 Å². The molecule has 0 spiro atoms. The van der Waals surface area contributed by atoms with E-state index in [2.05, 4.69) is 16.0 Å². The lowest BCUT2D eigenvalue weighted by molar-refractivity contribution is -0.176. The van der Waals surface area contributed by atoms with Crippen molar-refractivity contribution in [2.45, 2.75) is 61.5 Å². The number of carboxylic acid groups (broad SMARTS) is 1. The summed E-state index contributed by atoms with van der Waals surface area (Å²) in [6.07, 6.45) is 1.87. The molecule has 15 heteroatoms. The Kier molecular flexibility index (Phi) is 8.29. The molecule has 7 amide bonds. The van der Waals surface area contributed by atoms with Crippen LogP contribution in [-0.2, 0) is 28.8 Å². The van der Waals surface area contributed by atoms with Crippen molar-refractivity contribution in [3.8, 4) is 0 Å². The van der Waals surface area contributed by atoms with E-state index in [1.807, 2.05) is 6.92 Å². The van der Waals surface area contributed by atoms with E-state index in [1.165, 1.54) is 17.0 Å². The number of unbranched alkanes of at least 4 members (excludes halogenated alkanes) is 1. The number of nitrogens with one attached hydrogen (secondary N) is 3. The van der Waals surface area contributed by atoms with Crippen molar-refractivity contribution in [2.24, 2.45) is 0 Å². The number of hydrogen-bond donors (Lipinski definition) is 4. The molecule has 3 fully saturated rings. The first-order valence-electron chi connectivity index (χ1n) is 13.1. The number of thioether (sulfide) groups is 1. The number of rotatable bonds is 10. The molecule has 3 aliphatic rings. The molecule has 14 nitrogen and oxygen atoms in total. The van der Waals surface area contributed by atoms with Crippen LogP contribution in [0.4, 0.5) is 4.79 Å². The molecule has 1 aromatic rings. The third-order valence-electron chi connectivity index (χ3n) is 7.55. The normalized spacial score (nSPS) is 25.6. The van der Waals surface area contributed by atoms with Crippen molar-refractivity contribution in [3.05, 3.63) is 35.9 Å². The maximum Gasteiger partial charge on any atom is 0.352 e. The van der Waals surface area contributed by atoms with Gasteiger partial charge >= 0.3 is 23.8 Å².